The first-order valence-electron chi connectivity index (χ1n) is 7.48. The van der Waals surface area contributed by atoms with Crippen LogP contribution in [-0.4, -0.2) is 36.0 Å². The lowest BCUT2D eigenvalue weighted by Crippen LogP contribution is -2.41. The molecule has 0 rings (SSSR count). The van der Waals surface area contributed by atoms with Crippen molar-refractivity contribution in [1.29, 1.82) is 0 Å². The zero-order valence-electron chi connectivity index (χ0n) is 12.9. The molecule has 0 heterocycles. The Hall–Kier alpha value is -1.06. The molecule has 0 aliphatic rings. The van der Waals surface area contributed by atoms with Crippen LogP contribution in [0.15, 0.2) is 0 Å². The highest BCUT2D eigenvalue weighted by Crippen LogP contribution is 2.09. The number of hydrogen-bond donors (Lipinski definition) is 0. The Kier molecular flexibility index (Phi) is 10.2. The minimum absolute atomic E-state index is 0.0348. The van der Waals surface area contributed by atoms with Crippen molar-refractivity contribution < 1.29 is 14.3 Å². The molecule has 0 N–H and O–H groups in total. The first-order chi connectivity index (χ1) is 9.02. The monoisotopic (exact) mass is 271 g/mol. The first kappa shape index (κ1) is 17.9. The van der Waals surface area contributed by atoms with Gasteiger partial charge in [-0.25, -0.2) is 0 Å². The molecule has 112 valence electrons. The number of unbranched alkanes of at least 4 members (excludes halogenated alkanes) is 4. The predicted octanol–water partition coefficient (Wildman–Crippen LogP) is 3.15. The van der Waals surface area contributed by atoms with Gasteiger partial charge in [-0.05, 0) is 27.2 Å². The van der Waals surface area contributed by atoms with Crippen molar-refractivity contribution in [2.75, 3.05) is 13.2 Å². The summed E-state index contributed by atoms with van der Waals surface area (Å²) < 4.78 is 4.90. The van der Waals surface area contributed by atoms with Gasteiger partial charge in [-0.2, -0.15) is 0 Å². The van der Waals surface area contributed by atoms with Gasteiger partial charge in [0.1, 0.15) is 6.54 Å². The van der Waals surface area contributed by atoms with Crippen LogP contribution in [-0.2, 0) is 14.3 Å². The fraction of sp³-hybridized carbons (Fsp3) is 0.867. The van der Waals surface area contributed by atoms with Gasteiger partial charge < -0.3 is 9.64 Å². The Bertz CT molecular complexity index is 264. The zero-order valence-corrected chi connectivity index (χ0v) is 12.9. The molecule has 0 bridgehead atoms. The molecule has 0 fully saturated rings. The van der Waals surface area contributed by atoms with Crippen LogP contribution in [0.3, 0.4) is 0 Å². The fourth-order valence-corrected chi connectivity index (χ4v) is 1.93. The van der Waals surface area contributed by atoms with Crippen LogP contribution in [0.4, 0.5) is 0 Å². The summed E-state index contributed by atoms with van der Waals surface area (Å²) in [6.45, 7) is 8.22. The third kappa shape index (κ3) is 8.62. The molecule has 0 aromatic carbocycles. The molecule has 0 aliphatic heterocycles. The van der Waals surface area contributed by atoms with Crippen molar-refractivity contribution in [1.82, 2.24) is 4.90 Å². The molecule has 4 nitrogen and oxygen atoms in total. The molecular formula is C15H29NO3. The second kappa shape index (κ2) is 10.8. The van der Waals surface area contributed by atoms with Gasteiger partial charge in [0, 0.05) is 12.5 Å². The van der Waals surface area contributed by atoms with E-state index in [1.165, 1.54) is 19.3 Å². The predicted molar refractivity (Wildman–Crippen MR) is 76.9 cm³/mol. The summed E-state index contributed by atoms with van der Waals surface area (Å²) in [5.41, 5.74) is 0. The van der Waals surface area contributed by atoms with E-state index in [4.69, 9.17) is 4.74 Å². The number of rotatable bonds is 10. The lowest BCUT2D eigenvalue weighted by atomic mass is 10.1. The molecule has 0 saturated heterocycles. The zero-order chi connectivity index (χ0) is 14.7. The minimum atomic E-state index is -0.324. The van der Waals surface area contributed by atoms with E-state index in [1.807, 2.05) is 13.8 Å². The highest BCUT2D eigenvalue weighted by molar-refractivity contribution is 5.82. The molecule has 1 amide bonds. The van der Waals surface area contributed by atoms with Crippen molar-refractivity contribution in [2.45, 2.75) is 72.3 Å². The highest BCUT2D eigenvalue weighted by Gasteiger charge is 2.20. The summed E-state index contributed by atoms with van der Waals surface area (Å²) in [6.07, 6.45) is 6.14. The van der Waals surface area contributed by atoms with E-state index in [1.54, 1.807) is 11.8 Å². The van der Waals surface area contributed by atoms with Gasteiger partial charge in [-0.1, -0.05) is 32.6 Å². The van der Waals surface area contributed by atoms with Crippen molar-refractivity contribution in [2.24, 2.45) is 0 Å². The Morgan fingerprint density at radius 3 is 2.21 bits per heavy atom. The van der Waals surface area contributed by atoms with Gasteiger partial charge in [-0.3, -0.25) is 9.59 Å². The molecule has 0 aromatic rings. The second-order valence-electron chi connectivity index (χ2n) is 5.08. The van der Waals surface area contributed by atoms with Crippen LogP contribution in [0.25, 0.3) is 0 Å². The van der Waals surface area contributed by atoms with Gasteiger partial charge in [0.2, 0.25) is 5.91 Å². The third-order valence-corrected chi connectivity index (χ3v) is 3.04. The number of carbonyl (C=O) groups is 2. The smallest absolute Gasteiger partial charge is 0.325 e. The maximum Gasteiger partial charge on any atom is 0.325 e. The van der Waals surface area contributed by atoms with Crippen LogP contribution in [0.5, 0.6) is 0 Å². The molecule has 19 heavy (non-hydrogen) atoms. The summed E-state index contributed by atoms with van der Waals surface area (Å²) in [4.78, 5) is 25.1. The van der Waals surface area contributed by atoms with Gasteiger partial charge in [0.25, 0.3) is 0 Å². The van der Waals surface area contributed by atoms with E-state index in [9.17, 15) is 9.59 Å². The van der Waals surface area contributed by atoms with Gasteiger partial charge in [0.05, 0.1) is 6.61 Å². The molecule has 0 atom stereocenters. The highest BCUT2D eigenvalue weighted by atomic mass is 16.5. The van der Waals surface area contributed by atoms with Crippen molar-refractivity contribution in [3.05, 3.63) is 0 Å². The Balaban J connectivity index is 4.08. The standard InChI is InChI=1S/C15H29NO3/c1-5-7-8-9-10-11-14(17)16(13(3)4)12-15(18)19-6-2/h13H,5-12H2,1-4H3. The normalized spacial score (nSPS) is 10.6. The second-order valence-corrected chi connectivity index (χ2v) is 5.08. The maximum atomic E-state index is 12.1. The number of ether oxygens (including phenoxy) is 1. The molecule has 0 unspecified atom stereocenters. The number of hydrogen-bond acceptors (Lipinski definition) is 3. The summed E-state index contributed by atoms with van der Waals surface area (Å²) in [6, 6.07) is 0.0348. The number of carbonyl (C=O) groups excluding carboxylic acids is 2. The van der Waals surface area contributed by atoms with Crippen molar-refractivity contribution >= 4 is 11.9 Å². The lowest BCUT2D eigenvalue weighted by molar-refractivity contribution is -0.150. The molecule has 0 aromatic heterocycles. The summed E-state index contributed by atoms with van der Waals surface area (Å²) in [5.74, 6) is -0.268. The van der Waals surface area contributed by atoms with Crippen LogP contribution < -0.4 is 0 Å². The summed E-state index contributed by atoms with van der Waals surface area (Å²) in [7, 11) is 0. The van der Waals surface area contributed by atoms with E-state index < -0.39 is 0 Å². The van der Waals surface area contributed by atoms with Crippen LogP contribution >= 0.6 is 0 Å². The van der Waals surface area contributed by atoms with Crippen molar-refractivity contribution in [3.63, 3.8) is 0 Å². The van der Waals surface area contributed by atoms with Crippen molar-refractivity contribution in [3.8, 4) is 0 Å². The summed E-state index contributed by atoms with van der Waals surface area (Å²) >= 11 is 0. The molecule has 0 saturated carbocycles. The number of amides is 1. The van der Waals surface area contributed by atoms with E-state index in [2.05, 4.69) is 6.92 Å². The minimum Gasteiger partial charge on any atom is -0.465 e. The molecule has 4 heteroatoms. The van der Waals surface area contributed by atoms with E-state index >= 15 is 0 Å². The Morgan fingerprint density at radius 2 is 1.68 bits per heavy atom. The SMILES string of the molecule is CCCCCCCC(=O)N(CC(=O)OCC)C(C)C. The Labute approximate surface area is 117 Å². The molecule has 0 spiro atoms. The van der Waals surface area contributed by atoms with Gasteiger partial charge in [-0.15, -0.1) is 0 Å². The van der Waals surface area contributed by atoms with Gasteiger partial charge in [0.15, 0.2) is 0 Å². The third-order valence-electron chi connectivity index (χ3n) is 3.04. The first-order valence-corrected chi connectivity index (χ1v) is 7.48. The lowest BCUT2D eigenvalue weighted by Gasteiger charge is -2.25. The van der Waals surface area contributed by atoms with Gasteiger partial charge >= 0.3 is 5.97 Å². The van der Waals surface area contributed by atoms with Crippen LogP contribution in [0.2, 0.25) is 0 Å². The van der Waals surface area contributed by atoms with Crippen LogP contribution in [0, 0.1) is 0 Å². The fourth-order valence-electron chi connectivity index (χ4n) is 1.93. The summed E-state index contributed by atoms with van der Waals surface area (Å²) in [5, 5.41) is 0. The molecular weight excluding hydrogens is 242 g/mol. The van der Waals surface area contributed by atoms with E-state index in [0.29, 0.717) is 13.0 Å². The average molecular weight is 271 g/mol. The number of nitrogens with zero attached hydrogens (tertiary/aromatic N) is 1. The Morgan fingerprint density at radius 1 is 1.05 bits per heavy atom. The molecule has 0 aliphatic carbocycles. The number of esters is 1. The quantitative estimate of drug-likeness (QED) is 0.453. The van der Waals surface area contributed by atoms with Crippen LogP contribution in [0.1, 0.15) is 66.2 Å². The topological polar surface area (TPSA) is 46.6 Å². The average Bonchev–Trinajstić information content (AvgIpc) is 2.35. The van der Waals surface area contributed by atoms with E-state index in [-0.39, 0.29) is 24.5 Å². The largest absolute Gasteiger partial charge is 0.465 e. The molecule has 0 radical (unpaired) electrons. The van der Waals surface area contributed by atoms with E-state index in [0.717, 1.165) is 12.8 Å². The maximum absolute atomic E-state index is 12.1.